The molecule has 0 unspecified atom stereocenters. The number of benzene rings is 1. The van der Waals surface area contributed by atoms with E-state index < -0.39 is 0 Å². The fourth-order valence-corrected chi connectivity index (χ4v) is 3.05. The molecule has 1 saturated carbocycles. The van der Waals surface area contributed by atoms with Crippen molar-refractivity contribution in [2.75, 3.05) is 11.4 Å². The van der Waals surface area contributed by atoms with Gasteiger partial charge in [-0.1, -0.05) is 28.8 Å². The SMILES string of the molecule is CCN(c1ccc(Br)cc1C#N)C1CCCC1. The summed E-state index contributed by atoms with van der Waals surface area (Å²) in [5, 5.41) is 9.23. The van der Waals surface area contributed by atoms with Crippen LogP contribution in [0.4, 0.5) is 5.69 Å². The Morgan fingerprint density at radius 1 is 1.41 bits per heavy atom. The van der Waals surface area contributed by atoms with E-state index in [0.717, 1.165) is 22.3 Å². The molecule has 1 aromatic carbocycles. The zero-order valence-corrected chi connectivity index (χ0v) is 11.7. The highest BCUT2D eigenvalue weighted by molar-refractivity contribution is 9.10. The predicted octanol–water partition coefficient (Wildman–Crippen LogP) is 4.09. The molecule has 0 bridgehead atoms. The highest BCUT2D eigenvalue weighted by atomic mass is 79.9. The van der Waals surface area contributed by atoms with Crippen LogP contribution in [0.15, 0.2) is 22.7 Å². The lowest BCUT2D eigenvalue weighted by Gasteiger charge is -2.30. The summed E-state index contributed by atoms with van der Waals surface area (Å²) in [5.74, 6) is 0. The smallest absolute Gasteiger partial charge is 0.101 e. The molecule has 0 aliphatic heterocycles. The summed E-state index contributed by atoms with van der Waals surface area (Å²) in [5.41, 5.74) is 1.86. The molecule has 0 N–H and O–H groups in total. The lowest BCUT2D eigenvalue weighted by atomic mass is 10.1. The van der Waals surface area contributed by atoms with Crippen LogP contribution in [0, 0.1) is 11.3 Å². The molecule has 0 saturated heterocycles. The molecule has 3 heteroatoms. The van der Waals surface area contributed by atoms with Crippen LogP contribution in [-0.2, 0) is 0 Å². The van der Waals surface area contributed by atoms with Gasteiger partial charge in [0.1, 0.15) is 6.07 Å². The van der Waals surface area contributed by atoms with Crippen molar-refractivity contribution in [3.8, 4) is 6.07 Å². The Hall–Kier alpha value is -1.01. The lowest BCUT2D eigenvalue weighted by Crippen LogP contribution is -2.33. The molecule has 0 aromatic heterocycles. The van der Waals surface area contributed by atoms with E-state index in [1.165, 1.54) is 25.7 Å². The Morgan fingerprint density at radius 2 is 2.12 bits per heavy atom. The van der Waals surface area contributed by atoms with E-state index in [1.54, 1.807) is 0 Å². The van der Waals surface area contributed by atoms with Crippen LogP contribution in [0.1, 0.15) is 38.2 Å². The average Bonchev–Trinajstić information content (AvgIpc) is 2.85. The minimum atomic E-state index is 0.619. The van der Waals surface area contributed by atoms with Crippen molar-refractivity contribution in [1.29, 1.82) is 5.26 Å². The van der Waals surface area contributed by atoms with Crippen molar-refractivity contribution in [2.45, 2.75) is 38.6 Å². The highest BCUT2D eigenvalue weighted by Crippen LogP contribution is 2.31. The second-order valence-electron chi connectivity index (χ2n) is 4.50. The number of nitriles is 1. The molecule has 17 heavy (non-hydrogen) atoms. The zero-order chi connectivity index (χ0) is 12.3. The van der Waals surface area contributed by atoms with Gasteiger partial charge in [0, 0.05) is 17.1 Å². The van der Waals surface area contributed by atoms with Crippen molar-refractivity contribution in [2.24, 2.45) is 0 Å². The topological polar surface area (TPSA) is 27.0 Å². The summed E-state index contributed by atoms with van der Waals surface area (Å²) in [4.78, 5) is 2.39. The third kappa shape index (κ3) is 2.63. The maximum Gasteiger partial charge on any atom is 0.101 e. The van der Waals surface area contributed by atoms with Gasteiger partial charge in [0.25, 0.3) is 0 Å². The molecule has 2 nitrogen and oxygen atoms in total. The van der Waals surface area contributed by atoms with Crippen LogP contribution in [-0.4, -0.2) is 12.6 Å². The Labute approximate surface area is 111 Å². The van der Waals surface area contributed by atoms with E-state index in [-0.39, 0.29) is 0 Å². The first kappa shape index (κ1) is 12.4. The lowest BCUT2D eigenvalue weighted by molar-refractivity contribution is 0.619. The van der Waals surface area contributed by atoms with E-state index in [4.69, 9.17) is 0 Å². The van der Waals surface area contributed by atoms with E-state index in [1.807, 2.05) is 12.1 Å². The van der Waals surface area contributed by atoms with Gasteiger partial charge in [-0.25, -0.2) is 0 Å². The molecular formula is C14H17BrN2. The largest absolute Gasteiger partial charge is 0.368 e. The van der Waals surface area contributed by atoms with Gasteiger partial charge < -0.3 is 4.90 Å². The van der Waals surface area contributed by atoms with Gasteiger partial charge in [0.15, 0.2) is 0 Å². The number of rotatable bonds is 3. The number of nitrogens with zero attached hydrogens (tertiary/aromatic N) is 2. The first-order valence-corrected chi connectivity index (χ1v) is 7.02. The fraction of sp³-hybridized carbons (Fsp3) is 0.500. The number of hydrogen-bond donors (Lipinski definition) is 0. The molecular weight excluding hydrogens is 276 g/mol. The maximum absolute atomic E-state index is 9.23. The van der Waals surface area contributed by atoms with Crippen LogP contribution >= 0.6 is 15.9 Å². The molecule has 0 spiro atoms. The molecule has 2 rings (SSSR count). The van der Waals surface area contributed by atoms with Gasteiger partial charge in [-0.3, -0.25) is 0 Å². The molecule has 1 fully saturated rings. The number of halogens is 1. The Balaban J connectivity index is 2.33. The first-order valence-electron chi connectivity index (χ1n) is 6.22. The van der Waals surface area contributed by atoms with Gasteiger partial charge in [0.2, 0.25) is 0 Å². The third-order valence-electron chi connectivity index (χ3n) is 3.49. The zero-order valence-electron chi connectivity index (χ0n) is 10.1. The van der Waals surface area contributed by atoms with Gasteiger partial charge in [0.05, 0.1) is 11.3 Å². The van der Waals surface area contributed by atoms with Crippen LogP contribution in [0.3, 0.4) is 0 Å². The van der Waals surface area contributed by atoms with Crippen LogP contribution in [0.2, 0.25) is 0 Å². The van der Waals surface area contributed by atoms with Crippen molar-refractivity contribution in [1.82, 2.24) is 0 Å². The minimum absolute atomic E-state index is 0.619. The van der Waals surface area contributed by atoms with Crippen molar-refractivity contribution >= 4 is 21.6 Å². The molecule has 90 valence electrons. The predicted molar refractivity (Wildman–Crippen MR) is 74.1 cm³/mol. The van der Waals surface area contributed by atoms with Gasteiger partial charge in [-0.15, -0.1) is 0 Å². The summed E-state index contributed by atoms with van der Waals surface area (Å²) in [6.07, 6.45) is 5.16. The normalized spacial score (nSPS) is 15.8. The molecule has 0 radical (unpaired) electrons. The summed E-state index contributed by atoms with van der Waals surface area (Å²) in [7, 11) is 0. The quantitative estimate of drug-likeness (QED) is 0.839. The number of anilines is 1. The summed E-state index contributed by atoms with van der Waals surface area (Å²) >= 11 is 3.42. The average molecular weight is 293 g/mol. The monoisotopic (exact) mass is 292 g/mol. The maximum atomic E-state index is 9.23. The second kappa shape index (κ2) is 5.55. The van der Waals surface area contributed by atoms with Crippen molar-refractivity contribution in [3.63, 3.8) is 0 Å². The minimum Gasteiger partial charge on any atom is -0.368 e. The highest BCUT2D eigenvalue weighted by Gasteiger charge is 2.23. The molecule has 0 heterocycles. The van der Waals surface area contributed by atoms with Crippen LogP contribution in [0.25, 0.3) is 0 Å². The van der Waals surface area contributed by atoms with E-state index in [9.17, 15) is 5.26 Å². The van der Waals surface area contributed by atoms with Gasteiger partial charge in [-0.2, -0.15) is 5.26 Å². The first-order chi connectivity index (χ1) is 8.26. The third-order valence-corrected chi connectivity index (χ3v) is 3.99. The van der Waals surface area contributed by atoms with E-state index in [2.05, 4.69) is 39.9 Å². The standard InChI is InChI=1S/C14H17BrN2/c1-2-17(13-5-3-4-6-13)14-8-7-12(15)9-11(14)10-16/h7-9,13H,2-6H2,1H3. The Bertz CT molecular complexity index is 430. The van der Waals surface area contributed by atoms with Gasteiger partial charge in [-0.05, 0) is 38.0 Å². The molecule has 0 amide bonds. The van der Waals surface area contributed by atoms with Crippen molar-refractivity contribution < 1.29 is 0 Å². The van der Waals surface area contributed by atoms with E-state index >= 15 is 0 Å². The fourth-order valence-electron chi connectivity index (χ4n) is 2.69. The summed E-state index contributed by atoms with van der Waals surface area (Å²) in [6.45, 7) is 3.14. The van der Waals surface area contributed by atoms with Crippen LogP contribution < -0.4 is 4.90 Å². The second-order valence-corrected chi connectivity index (χ2v) is 5.41. The summed E-state index contributed by atoms with van der Waals surface area (Å²) in [6, 6.07) is 8.91. The molecule has 1 aliphatic rings. The molecule has 0 atom stereocenters. The Kier molecular flexibility index (Phi) is 4.06. The summed E-state index contributed by atoms with van der Waals surface area (Å²) < 4.78 is 0.972. The van der Waals surface area contributed by atoms with Crippen molar-refractivity contribution in [3.05, 3.63) is 28.2 Å². The Morgan fingerprint density at radius 3 is 2.71 bits per heavy atom. The molecule has 1 aromatic rings. The van der Waals surface area contributed by atoms with E-state index in [0.29, 0.717) is 6.04 Å². The number of hydrogen-bond acceptors (Lipinski definition) is 2. The molecule has 1 aliphatic carbocycles. The van der Waals surface area contributed by atoms with Crippen LogP contribution in [0.5, 0.6) is 0 Å². The van der Waals surface area contributed by atoms with Gasteiger partial charge >= 0.3 is 0 Å².